The molecular weight excluding hydrogens is 635 g/mol. The number of carbonyl (C=O) groups is 4. The number of fused-ring (bicyclic) bond motifs is 4. The molecule has 6 unspecified atom stereocenters. The second kappa shape index (κ2) is 10.1. The Bertz CT molecular complexity index is 1500. The van der Waals surface area contributed by atoms with Crippen LogP contribution in [0.1, 0.15) is 36.8 Å². The van der Waals surface area contributed by atoms with E-state index in [0.29, 0.717) is 5.57 Å². The lowest BCUT2D eigenvalue weighted by Gasteiger charge is -2.50. The minimum absolute atomic E-state index is 0.111. The number of phenolic OH excluding ortho intramolecular Hbond substituents is 1. The molecule has 2 aromatic carbocycles. The standard InChI is InChI=1S/C30H27BrCl2N2O6/c1-2-41-21-10-6-9-19(24(21)36)23-17-11-12-18-22(26(38)34(25(18)37)14-16-7-4-3-5-8-16)20(17)13-29(32)27(39)35(15-31)28(40)30(23,29)33/h3-11,18,20,22-23,36H,2,12-15H2,1H3. The predicted octanol–water partition coefficient (Wildman–Crippen LogP) is 4.70. The fourth-order valence-corrected chi connectivity index (χ4v) is 8.55. The van der Waals surface area contributed by atoms with Gasteiger partial charge in [0.25, 0.3) is 11.8 Å². The van der Waals surface area contributed by atoms with E-state index in [-0.39, 0.29) is 60.3 Å². The van der Waals surface area contributed by atoms with Crippen molar-refractivity contribution < 1.29 is 29.0 Å². The highest BCUT2D eigenvalue weighted by Crippen LogP contribution is 2.66. The Labute approximate surface area is 255 Å². The van der Waals surface area contributed by atoms with Gasteiger partial charge >= 0.3 is 0 Å². The van der Waals surface area contributed by atoms with Gasteiger partial charge in [-0.15, -0.1) is 23.2 Å². The number of hydrogen-bond acceptors (Lipinski definition) is 6. The average Bonchev–Trinajstić information content (AvgIpc) is 3.28. The molecule has 6 atom stereocenters. The van der Waals surface area contributed by atoms with E-state index in [1.54, 1.807) is 25.1 Å². The maximum atomic E-state index is 14.0. The summed E-state index contributed by atoms with van der Waals surface area (Å²) in [6.45, 7) is 2.19. The van der Waals surface area contributed by atoms with Crippen LogP contribution in [0.5, 0.6) is 11.5 Å². The number of allylic oxidation sites excluding steroid dienone is 2. The van der Waals surface area contributed by atoms with Crippen LogP contribution < -0.4 is 4.74 Å². The van der Waals surface area contributed by atoms with Gasteiger partial charge in [-0.2, -0.15) is 0 Å². The normalized spacial score (nSPS) is 32.5. The molecule has 2 aromatic rings. The molecule has 0 spiro atoms. The van der Waals surface area contributed by atoms with Crippen LogP contribution in [-0.4, -0.2) is 60.3 Å². The van der Waals surface area contributed by atoms with Gasteiger partial charge in [-0.05, 0) is 37.3 Å². The van der Waals surface area contributed by atoms with Gasteiger partial charge in [-0.1, -0.05) is 70.0 Å². The first-order valence-electron chi connectivity index (χ1n) is 13.4. The summed E-state index contributed by atoms with van der Waals surface area (Å²) in [5.74, 6) is -5.17. The number of hydrogen-bond donors (Lipinski definition) is 1. The number of carbonyl (C=O) groups excluding carboxylic acids is 4. The molecule has 3 fully saturated rings. The fourth-order valence-electron chi connectivity index (χ4n) is 7.13. The van der Waals surface area contributed by atoms with E-state index >= 15 is 0 Å². The lowest BCUT2D eigenvalue weighted by Crippen LogP contribution is -2.60. The molecule has 6 rings (SSSR count). The smallest absolute Gasteiger partial charge is 0.254 e. The molecule has 1 N–H and O–H groups in total. The number of ether oxygens (including phenoxy) is 1. The molecule has 2 aliphatic carbocycles. The van der Waals surface area contributed by atoms with Crippen molar-refractivity contribution in [3.05, 3.63) is 71.3 Å². The third kappa shape index (κ3) is 3.85. The number of amides is 4. The number of nitrogens with zero attached hydrogens (tertiary/aromatic N) is 2. The zero-order chi connectivity index (χ0) is 29.3. The summed E-state index contributed by atoms with van der Waals surface area (Å²) in [6.07, 6.45) is 1.98. The van der Waals surface area contributed by atoms with Crippen molar-refractivity contribution in [2.75, 3.05) is 12.1 Å². The minimum Gasteiger partial charge on any atom is -0.504 e. The second-order valence-electron chi connectivity index (χ2n) is 10.9. The minimum atomic E-state index is -1.99. The highest BCUT2D eigenvalue weighted by atomic mass is 79.9. The van der Waals surface area contributed by atoms with Gasteiger partial charge in [0.15, 0.2) is 21.2 Å². The predicted molar refractivity (Wildman–Crippen MR) is 155 cm³/mol. The van der Waals surface area contributed by atoms with Crippen LogP contribution in [0, 0.1) is 17.8 Å². The Morgan fingerprint density at radius 3 is 2.39 bits per heavy atom. The van der Waals surface area contributed by atoms with Crippen molar-refractivity contribution in [1.82, 2.24) is 9.80 Å². The van der Waals surface area contributed by atoms with E-state index in [0.717, 1.165) is 10.5 Å². The molecule has 0 bridgehead atoms. The number of para-hydroxylation sites is 1. The van der Waals surface area contributed by atoms with Crippen LogP contribution >= 0.6 is 39.1 Å². The number of aromatic hydroxyl groups is 1. The first-order chi connectivity index (χ1) is 19.6. The van der Waals surface area contributed by atoms with E-state index in [9.17, 15) is 24.3 Å². The average molecular weight is 662 g/mol. The zero-order valence-electron chi connectivity index (χ0n) is 22.1. The molecule has 214 valence electrons. The zero-order valence-corrected chi connectivity index (χ0v) is 25.2. The topological polar surface area (TPSA) is 104 Å². The molecule has 11 heteroatoms. The third-order valence-electron chi connectivity index (χ3n) is 8.93. The van der Waals surface area contributed by atoms with Crippen LogP contribution in [0.25, 0.3) is 0 Å². The number of phenols is 1. The molecule has 41 heavy (non-hydrogen) atoms. The van der Waals surface area contributed by atoms with E-state index in [1.807, 2.05) is 36.4 Å². The summed E-state index contributed by atoms with van der Waals surface area (Å²) in [4.78, 5) is 53.5. The number of likely N-dealkylation sites (tertiary alicyclic amines) is 2. The molecule has 2 heterocycles. The van der Waals surface area contributed by atoms with Gasteiger partial charge < -0.3 is 9.84 Å². The summed E-state index contributed by atoms with van der Waals surface area (Å²) in [5, 5.41) is 11.3. The van der Waals surface area contributed by atoms with Gasteiger partial charge in [0, 0.05) is 11.5 Å². The molecular formula is C30H27BrCl2N2O6. The van der Waals surface area contributed by atoms with Crippen LogP contribution in [0.2, 0.25) is 0 Å². The summed E-state index contributed by atoms with van der Waals surface area (Å²) >= 11 is 17.7. The number of halogens is 3. The molecule has 8 nitrogen and oxygen atoms in total. The quantitative estimate of drug-likeness (QED) is 0.208. The van der Waals surface area contributed by atoms with Gasteiger partial charge in [0.2, 0.25) is 11.8 Å². The number of rotatable bonds is 6. The Balaban J connectivity index is 1.50. The van der Waals surface area contributed by atoms with Gasteiger partial charge in [0.05, 0.1) is 30.4 Å². The molecule has 1 saturated carbocycles. The van der Waals surface area contributed by atoms with Crippen molar-refractivity contribution >= 4 is 62.8 Å². The van der Waals surface area contributed by atoms with Crippen LogP contribution in [0.3, 0.4) is 0 Å². The van der Waals surface area contributed by atoms with Gasteiger partial charge in [0.1, 0.15) is 0 Å². The van der Waals surface area contributed by atoms with Crippen molar-refractivity contribution in [3.63, 3.8) is 0 Å². The number of imide groups is 2. The van der Waals surface area contributed by atoms with E-state index < -0.39 is 45.2 Å². The van der Waals surface area contributed by atoms with Crippen LogP contribution in [-0.2, 0) is 25.7 Å². The summed E-state index contributed by atoms with van der Waals surface area (Å²) in [6, 6.07) is 14.1. The van der Waals surface area contributed by atoms with Gasteiger partial charge in [-0.3, -0.25) is 29.0 Å². The highest BCUT2D eigenvalue weighted by Gasteiger charge is 2.76. The Morgan fingerprint density at radius 2 is 1.71 bits per heavy atom. The summed E-state index contributed by atoms with van der Waals surface area (Å²) < 4.78 is 5.61. The van der Waals surface area contributed by atoms with Crippen molar-refractivity contribution in [2.45, 2.75) is 42.0 Å². The third-order valence-corrected chi connectivity index (χ3v) is 10.8. The SMILES string of the molecule is CCOc1cccc(C2C3=CCC4C(=O)N(Cc5ccccc5)C(=O)C4C3CC3(Cl)C(=O)N(CBr)C(=O)C23Cl)c1O. The van der Waals surface area contributed by atoms with E-state index in [2.05, 4.69) is 15.9 Å². The summed E-state index contributed by atoms with van der Waals surface area (Å²) in [5.41, 5.74) is 1.57. The van der Waals surface area contributed by atoms with Crippen molar-refractivity contribution in [3.8, 4) is 11.5 Å². The molecule has 4 aliphatic rings. The Morgan fingerprint density at radius 1 is 0.976 bits per heavy atom. The maximum absolute atomic E-state index is 14.0. The summed E-state index contributed by atoms with van der Waals surface area (Å²) in [7, 11) is 0. The number of benzene rings is 2. The highest BCUT2D eigenvalue weighted by molar-refractivity contribution is 9.09. The van der Waals surface area contributed by atoms with Crippen LogP contribution in [0.15, 0.2) is 60.2 Å². The second-order valence-corrected chi connectivity index (χ2v) is 12.6. The van der Waals surface area contributed by atoms with Crippen molar-refractivity contribution in [2.24, 2.45) is 17.8 Å². The Hall–Kier alpha value is -2.88. The molecule has 2 aliphatic heterocycles. The molecule has 2 saturated heterocycles. The molecule has 0 aromatic heterocycles. The molecule has 4 amide bonds. The lowest BCUT2D eigenvalue weighted by molar-refractivity contribution is -0.141. The maximum Gasteiger partial charge on any atom is 0.254 e. The first-order valence-corrected chi connectivity index (χ1v) is 15.3. The fraction of sp³-hybridized carbons (Fsp3) is 0.400. The van der Waals surface area contributed by atoms with Crippen molar-refractivity contribution in [1.29, 1.82) is 0 Å². The first kappa shape index (κ1) is 28.2. The largest absolute Gasteiger partial charge is 0.504 e. The monoisotopic (exact) mass is 660 g/mol. The van der Waals surface area contributed by atoms with Gasteiger partial charge in [-0.25, -0.2) is 0 Å². The van der Waals surface area contributed by atoms with E-state index in [1.165, 1.54) is 4.90 Å². The number of alkyl halides is 3. The lowest BCUT2D eigenvalue weighted by atomic mass is 9.56. The Kier molecular flexibility index (Phi) is 6.98. The van der Waals surface area contributed by atoms with E-state index in [4.69, 9.17) is 27.9 Å². The molecule has 0 radical (unpaired) electrons. The van der Waals surface area contributed by atoms with Crippen LogP contribution in [0.4, 0.5) is 0 Å².